The first-order valence-corrected chi connectivity index (χ1v) is 13.3. The molecular weight excluding hydrogens is 488 g/mol. The minimum atomic E-state index is -0.149. The second kappa shape index (κ2) is 11.4. The van der Waals surface area contributed by atoms with Crippen molar-refractivity contribution in [1.82, 2.24) is 19.8 Å². The van der Waals surface area contributed by atoms with Gasteiger partial charge in [0, 0.05) is 70.5 Å². The molecule has 2 aliphatic rings. The third-order valence-corrected chi connectivity index (χ3v) is 7.53. The minimum absolute atomic E-state index is 0.0495. The molecule has 1 amide bonds. The first-order chi connectivity index (χ1) is 18.0. The fourth-order valence-electron chi connectivity index (χ4n) is 5.00. The molecule has 0 radical (unpaired) electrons. The summed E-state index contributed by atoms with van der Waals surface area (Å²) in [5, 5.41) is 0.771. The second-order valence-electron chi connectivity index (χ2n) is 9.60. The molecule has 2 aliphatic heterocycles. The van der Waals surface area contributed by atoms with E-state index in [1.807, 2.05) is 47.4 Å². The quantitative estimate of drug-likeness (QED) is 0.537. The minimum Gasteiger partial charge on any atom is -0.368 e. The van der Waals surface area contributed by atoms with Crippen LogP contribution in [0.25, 0.3) is 0 Å². The molecule has 0 spiro atoms. The van der Waals surface area contributed by atoms with Crippen molar-refractivity contribution in [3.63, 3.8) is 0 Å². The van der Waals surface area contributed by atoms with Gasteiger partial charge in [0.25, 0.3) is 11.5 Å². The van der Waals surface area contributed by atoms with E-state index < -0.39 is 0 Å². The summed E-state index contributed by atoms with van der Waals surface area (Å²) in [5.74, 6) is 0.630. The fraction of sp³-hybridized carbons (Fsp3) is 0.393. The van der Waals surface area contributed by atoms with E-state index >= 15 is 0 Å². The number of nitrogens with zero attached hydrogens (tertiary/aromatic N) is 5. The number of aromatic amines is 1. The van der Waals surface area contributed by atoms with Crippen LogP contribution in [-0.2, 0) is 13.0 Å². The van der Waals surface area contributed by atoms with Crippen molar-refractivity contribution >= 4 is 29.1 Å². The van der Waals surface area contributed by atoms with Gasteiger partial charge in [0.15, 0.2) is 0 Å². The molecule has 3 heterocycles. The number of carbonyl (C=O) groups excluding carboxylic acids is 1. The SMILES string of the molecule is CCc1ccc(C(=O)N2CCN(c3nc(CN4CCN(c5ccccc5Cl)CC4)cc(=O)[nH]3)CC2)cc1. The number of hydrogen-bond acceptors (Lipinski definition) is 6. The number of para-hydroxylation sites is 1. The van der Waals surface area contributed by atoms with Gasteiger partial charge in [-0.25, -0.2) is 4.98 Å². The first-order valence-electron chi connectivity index (χ1n) is 13.0. The number of nitrogens with one attached hydrogen (secondary N) is 1. The van der Waals surface area contributed by atoms with Gasteiger partial charge in [0.1, 0.15) is 0 Å². The van der Waals surface area contributed by atoms with E-state index in [1.165, 1.54) is 5.56 Å². The summed E-state index contributed by atoms with van der Waals surface area (Å²) in [7, 11) is 0. The van der Waals surface area contributed by atoms with Gasteiger partial charge in [0.2, 0.25) is 5.95 Å². The molecule has 1 aromatic heterocycles. The van der Waals surface area contributed by atoms with Crippen molar-refractivity contribution < 1.29 is 4.79 Å². The third kappa shape index (κ3) is 5.97. The molecule has 9 heteroatoms. The number of aromatic nitrogens is 2. The Bertz CT molecular complexity index is 1280. The predicted octanol–water partition coefficient (Wildman–Crippen LogP) is 3.27. The second-order valence-corrected chi connectivity index (χ2v) is 10.0. The molecule has 2 saturated heterocycles. The first kappa shape index (κ1) is 25.3. The molecule has 1 N–H and O–H groups in total. The van der Waals surface area contributed by atoms with Crippen LogP contribution in [-0.4, -0.2) is 78.0 Å². The average molecular weight is 521 g/mol. The Morgan fingerprint density at radius 2 is 1.59 bits per heavy atom. The van der Waals surface area contributed by atoms with Crippen LogP contribution in [0.2, 0.25) is 5.02 Å². The number of piperazine rings is 2. The van der Waals surface area contributed by atoms with Gasteiger partial charge in [-0.1, -0.05) is 42.8 Å². The van der Waals surface area contributed by atoms with Crippen molar-refractivity contribution in [3.8, 4) is 0 Å². The van der Waals surface area contributed by atoms with E-state index in [1.54, 1.807) is 6.07 Å². The highest BCUT2D eigenvalue weighted by Gasteiger charge is 2.24. The van der Waals surface area contributed by atoms with E-state index in [0.29, 0.717) is 44.2 Å². The van der Waals surface area contributed by atoms with Crippen LogP contribution in [0.4, 0.5) is 11.6 Å². The van der Waals surface area contributed by atoms with Gasteiger partial charge >= 0.3 is 0 Å². The number of H-pyrrole nitrogens is 1. The summed E-state index contributed by atoms with van der Waals surface area (Å²) in [5.41, 5.74) is 3.62. The largest absolute Gasteiger partial charge is 0.368 e. The Balaban J connectivity index is 1.17. The highest BCUT2D eigenvalue weighted by atomic mass is 35.5. The number of hydrogen-bond donors (Lipinski definition) is 1. The molecule has 0 saturated carbocycles. The maximum Gasteiger partial charge on any atom is 0.253 e. The number of benzene rings is 2. The van der Waals surface area contributed by atoms with Gasteiger partial charge in [0.05, 0.1) is 16.4 Å². The summed E-state index contributed by atoms with van der Waals surface area (Å²) < 4.78 is 0. The highest BCUT2D eigenvalue weighted by molar-refractivity contribution is 6.33. The Kier molecular flexibility index (Phi) is 7.76. The zero-order chi connectivity index (χ0) is 25.8. The van der Waals surface area contributed by atoms with E-state index in [0.717, 1.165) is 49.0 Å². The topological polar surface area (TPSA) is 75.8 Å². The zero-order valence-corrected chi connectivity index (χ0v) is 22.0. The lowest BCUT2D eigenvalue weighted by atomic mass is 10.1. The van der Waals surface area contributed by atoms with Crippen LogP contribution < -0.4 is 15.4 Å². The zero-order valence-electron chi connectivity index (χ0n) is 21.2. The smallest absolute Gasteiger partial charge is 0.253 e. The van der Waals surface area contributed by atoms with E-state index in [4.69, 9.17) is 16.6 Å². The molecule has 2 aromatic carbocycles. The molecule has 5 rings (SSSR count). The average Bonchev–Trinajstić information content (AvgIpc) is 2.93. The maximum atomic E-state index is 12.9. The Labute approximate surface area is 222 Å². The third-order valence-electron chi connectivity index (χ3n) is 7.21. The standard InChI is InChI=1S/C28H33ClN6O2/c1-2-21-7-9-22(10-8-21)27(37)34-15-17-35(18-16-34)28-30-23(19-26(36)31-28)20-32-11-13-33(14-12-32)25-6-4-3-5-24(25)29/h3-10,19H,2,11-18,20H2,1H3,(H,30,31,36). The number of halogens is 1. The number of carbonyl (C=O) groups is 1. The van der Waals surface area contributed by atoms with Gasteiger partial charge in [-0.2, -0.15) is 0 Å². The molecule has 37 heavy (non-hydrogen) atoms. The molecule has 194 valence electrons. The highest BCUT2D eigenvalue weighted by Crippen LogP contribution is 2.26. The van der Waals surface area contributed by atoms with E-state index in [2.05, 4.69) is 32.7 Å². The summed E-state index contributed by atoms with van der Waals surface area (Å²) in [6, 6.07) is 17.4. The van der Waals surface area contributed by atoms with Gasteiger partial charge in [-0.15, -0.1) is 0 Å². The van der Waals surface area contributed by atoms with Gasteiger partial charge in [-0.3, -0.25) is 19.5 Å². The van der Waals surface area contributed by atoms with Crippen LogP contribution in [0.15, 0.2) is 59.4 Å². The van der Waals surface area contributed by atoms with Gasteiger partial charge < -0.3 is 14.7 Å². The number of anilines is 2. The maximum absolute atomic E-state index is 12.9. The number of rotatable bonds is 6. The molecular formula is C28H33ClN6O2. The van der Waals surface area contributed by atoms with Crippen LogP contribution in [0.1, 0.15) is 28.5 Å². The summed E-state index contributed by atoms with van der Waals surface area (Å²) in [4.78, 5) is 41.6. The van der Waals surface area contributed by atoms with Crippen molar-refractivity contribution in [2.75, 3.05) is 62.2 Å². The molecule has 3 aromatic rings. The van der Waals surface area contributed by atoms with Crippen molar-refractivity contribution in [3.05, 3.63) is 86.8 Å². The summed E-state index contributed by atoms with van der Waals surface area (Å²) in [6.07, 6.45) is 0.955. The van der Waals surface area contributed by atoms with Crippen LogP contribution in [0.5, 0.6) is 0 Å². The normalized spacial score (nSPS) is 16.8. The monoisotopic (exact) mass is 520 g/mol. The molecule has 0 unspecified atom stereocenters. The van der Waals surface area contributed by atoms with Crippen molar-refractivity contribution in [1.29, 1.82) is 0 Å². The molecule has 0 bridgehead atoms. The van der Waals surface area contributed by atoms with Gasteiger partial charge in [-0.05, 0) is 36.2 Å². The predicted molar refractivity (Wildman–Crippen MR) is 148 cm³/mol. The number of amides is 1. The lowest BCUT2D eigenvalue weighted by molar-refractivity contribution is 0.0746. The van der Waals surface area contributed by atoms with Crippen LogP contribution >= 0.6 is 11.6 Å². The van der Waals surface area contributed by atoms with E-state index in [-0.39, 0.29) is 11.5 Å². The van der Waals surface area contributed by atoms with Crippen molar-refractivity contribution in [2.45, 2.75) is 19.9 Å². The Morgan fingerprint density at radius 1 is 0.919 bits per heavy atom. The molecule has 8 nitrogen and oxygen atoms in total. The summed E-state index contributed by atoms with van der Waals surface area (Å²) in [6.45, 7) is 8.64. The Morgan fingerprint density at radius 3 is 2.27 bits per heavy atom. The fourth-order valence-corrected chi connectivity index (χ4v) is 5.25. The molecule has 2 fully saturated rings. The van der Waals surface area contributed by atoms with E-state index in [9.17, 15) is 9.59 Å². The summed E-state index contributed by atoms with van der Waals surface area (Å²) >= 11 is 6.37. The van der Waals surface area contributed by atoms with Crippen LogP contribution in [0.3, 0.4) is 0 Å². The lowest BCUT2D eigenvalue weighted by Crippen LogP contribution is -2.49. The lowest BCUT2D eigenvalue weighted by Gasteiger charge is -2.36. The molecule has 0 atom stereocenters. The number of aryl methyl sites for hydroxylation is 1. The Hall–Kier alpha value is -3.36. The molecule has 0 aliphatic carbocycles. The van der Waals surface area contributed by atoms with Crippen molar-refractivity contribution in [2.24, 2.45) is 0 Å². The van der Waals surface area contributed by atoms with Crippen LogP contribution in [0, 0.1) is 0 Å².